The highest BCUT2D eigenvalue weighted by Crippen LogP contribution is 2.28. The number of anilines is 3. The summed E-state index contributed by atoms with van der Waals surface area (Å²) in [4.78, 5) is 38.2. The number of hydrogen-bond donors (Lipinski definition) is 4. The molecule has 1 fully saturated rings. The third-order valence-electron chi connectivity index (χ3n) is 7.55. The van der Waals surface area contributed by atoms with Crippen LogP contribution in [-0.2, 0) is 11.2 Å². The average Bonchev–Trinajstić information content (AvgIpc) is 3.47. The van der Waals surface area contributed by atoms with Crippen molar-refractivity contribution in [1.29, 1.82) is 0 Å². The Bertz CT molecular complexity index is 1820. The zero-order valence-electron chi connectivity index (χ0n) is 24.1. The molecular weight excluding hydrogens is 582 g/mol. The highest BCUT2D eigenvalue weighted by Gasteiger charge is 2.22. The van der Waals surface area contributed by atoms with Gasteiger partial charge in [-0.05, 0) is 47.5 Å². The number of β-amino-alcohol motifs (C(OH)–C–C–N with tert-alkyl or cyclic N) is 1. The molecule has 3 heterocycles. The number of benzene rings is 3. The fourth-order valence-corrected chi connectivity index (χ4v) is 5.28. The Kier molecular flexibility index (Phi) is 8.71. The van der Waals surface area contributed by atoms with Crippen molar-refractivity contribution in [3.8, 4) is 11.1 Å². The van der Waals surface area contributed by atoms with Crippen LogP contribution in [0.25, 0.3) is 22.0 Å². The van der Waals surface area contributed by atoms with Crippen LogP contribution in [0.4, 0.5) is 26.1 Å². The van der Waals surface area contributed by atoms with Gasteiger partial charge in [0, 0.05) is 67.2 Å². The summed E-state index contributed by atoms with van der Waals surface area (Å²) in [5.41, 5.74) is 3.70. The van der Waals surface area contributed by atoms with Gasteiger partial charge in [-0.25, -0.2) is 18.7 Å². The van der Waals surface area contributed by atoms with E-state index in [-0.39, 0.29) is 24.6 Å². The molecule has 0 bridgehead atoms. The van der Waals surface area contributed by atoms with E-state index in [1.165, 1.54) is 6.33 Å². The minimum atomic E-state index is -0.784. The lowest BCUT2D eigenvalue weighted by Gasteiger charge is -2.34. The second-order valence-corrected chi connectivity index (χ2v) is 10.7. The van der Waals surface area contributed by atoms with Gasteiger partial charge in [0.1, 0.15) is 23.8 Å². The predicted molar refractivity (Wildman–Crippen MR) is 165 cm³/mol. The van der Waals surface area contributed by atoms with Gasteiger partial charge < -0.3 is 20.6 Å². The summed E-state index contributed by atoms with van der Waals surface area (Å²) in [5.74, 6) is -1.10. The molecule has 0 radical (unpaired) electrons. The molecule has 45 heavy (non-hydrogen) atoms. The van der Waals surface area contributed by atoms with E-state index in [0.717, 1.165) is 47.8 Å². The second kappa shape index (κ2) is 13.2. The number of aromatic nitrogens is 4. The van der Waals surface area contributed by atoms with E-state index in [2.05, 4.69) is 35.7 Å². The van der Waals surface area contributed by atoms with Crippen molar-refractivity contribution < 1.29 is 23.5 Å². The van der Waals surface area contributed by atoms with E-state index in [4.69, 9.17) is 5.11 Å². The maximum Gasteiger partial charge on any atom is 0.253 e. The Morgan fingerprint density at radius 2 is 1.62 bits per heavy atom. The summed E-state index contributed by atoms with van der Waals surface area (Å²) in [5, 5.41) is 22.5. The van der Waals surface area contributed by atoms with E-state index >= 15 is 0 Å². The molecule has 0 spiro atoms. The molecule has 5 aromatic rings. The molecule has 2 aromatic heterocycles. The Morgan fingerprint density at radius 3 is 2.36 bits per heavy atom. The minimum absolute atomic E-state index is 0.00343. The summed E-state index contributed by atoms with van der Waals surface area (Å²) >= 11 is 0. The van der Waals surface area contributed by atoms with Gasteiger partial charge in [-0.3, -0.25) is 19.6 Å². The number of carbonyl (C=O) groups excluding carboxylic acids is 2. The van der Waals surface area contributed by atoms with Gasteiger partial charge in [-0.1, -0.05) is 18.2 Å². The highest BCUT2D eigenvalue weighted by atomic mass is 19.1. The number of rotatable bonds is 9. The molecule has 4 N–H and O–H groups in total. The van der Waals surface area contributed by atoms with Crippen LogP contribution in [-0.4, -0.2) is 86.2 Å². The van der Waals surface area contributed by atoms with Gasteiger partial charge in [0.2, 0.25) is 5.91 Å². The van der Waals surface area contributed by atoms with Crippen molar-refractivity contribution in [1.82, 2.24) is 30.0 Å². The number of hydrogen-bond acceptors (Lipinski definition) is 8. The maximum absolute atomic E-state index is 13.4. The zero-order valence-corrected chi connectivity index (χ0v) is 24.1. The molecule has 13 heteroatoms. The van der Waals surface area contributed by atoms with Crippen LogP contribution in [0, 0.1) is 11.6 Å². The first-order valence-corrected chi connectivity index (χ1v) is 14.4. The molecule has 230 valence electrons. The lowest BCUT2D eigenvalue weighted by Crippen LogP contribution is -2.49. The Balaban J connectivity index is 1.10. The number of fused-ring (bicyclic) bond motifs is 1. The summed E-state index contributed by atoms with van der Waals surface area (Å²) in [6.07, 6.45) is 1.35. The molecule has 6 rings (SSSR count). The van der Waals surface area contributed by atoms with Gasteiger partial charge in [0.05, 0.1) is 18.5 Å². The minimum Gasteiger partial charge on any atom is -0.395 e. The molecule has 3 aromatic carbocycles. The molecule has 1 aliphatic heterocycles. The molecule has 0 unspecified atom stereocenters. The molecule has 0 aliphatic carbocycles. The van der Waals surface area contributed by atoms with E-state index in [1.807, 2.05) is 47.4 Å². The van der Waals surface area contributed by atoms with Crippen molar-refractivity contribution in [2.45, 2.75) is 6.42 Å². The average molecular weight is 613 g/mol. The number of carbonyl (C=O) groups is 2. The molecular formula is C32H30F2N8O3. The van der Waals surface area contributed by atoms with Crippen LogP contribution in [0.3, 0.4) is 0 Å². The van der Waals surface area contributed by atoms with Crippen molar-refractivity contribution in [3.63, 3.8) is 0 Å². The summed E-state index contributed by atoms with van der Waals surface area (Å²) < 4.78 is 26.8. The molecule has 1 aliphatic rings. The van der Waals surface area contributed by atoms with Gasteiger partial charge >= 0.3 is 0 Å². The predicted octanol–water partition coefficient (Wildman–Crippen LogP) is 3.97. The Morgan fingerprint density at radius 1 is 0.889 bits per heavy atom. The van der Waals surface area contributed by atoms with Crippen molar-refractivity contribution in [2.75, 3.05) is 50.0 Å². The molecule has 0 atom stereocenters. The summed E-state index contributed by atoms with van der Waals surface area (Å²) in [6, 6.07) is 17.7. The quantitative estimate of drug-likeness (QED) is 0.196. The normalized spacial score (nSPS) is 13.6. The Labute approximate surface area is 256 Å². The van der Waals surface area contributed by atoms with E-state index in [1.54, 1.807) is 6.07 Å². The second-order valence-electron chi connectivity index (χ2n) is 10.7. The third-order valence-corrected chi connectivity index (χ3v) is 7.55. The smallest absolute Gasteiger partial charge is 0.253 e. The monoisotopic (exact) mass is 612 g/mol. The number of aromatic amines is 1. The number of nitrogens with one attached hydrogen (secondary N) is 3. The summed E-state index contributed by atoms with van der Waals surface area (Å²) in [6.45, 7) is 3.51. The van der Waals surface area contributed by atoms with E-state index in [9.17, 15) is 18.4 Å². The maximum atomic E-state index is 13.4. The first kappa shape index (κ1) is 29.8. The van der Waals surface area contributed by atoms with Crippen LogP contribution in [0.15, 0.2) is 73.1 Å². The largest absolute Gasteiger partial charge is 0.395 e. The number of nitrogens with zero attached hydrogens (tertiary/aromatic N) is 5. The SMILES string of the molecule is O=C(Cc1cc(Nc2ncnc3cc(-c4ccc(C(=O)N5CCN(CCO)CC5)cc4)ccc23)n[nH]1)Nc1cc(F)cc(F)c1. The van der Waals surface area contributed by atoms with Crippen molar-refractivity contribution in [3.05, 3.63) is 95.9 Å². The number of aliphatic hydroxyl groups excluding tert-OH is 1. The molecule has 0 saturated carbocycles. The fraction of sp³-hybridized carbons (Fsp3) is 0.219. The van der Waals surface area contributed by atoms with Gasteiger partial charge in [-0.2, -0.15) is 5.10 Å². The van der Waals surface area contributed by atoms with Crippen LogP contribution >= 0.6 is 0 Å². The lowest BCUT2D eigenvalue weighted by atomic mass is 10.0. The van der Waals surface area contributed by atoms with Crippen molar-refractivity contribution in [2.24, 2.45) is 0 Å². The van der Waals surface area contributed by atoms with Crippen molar-refractivity contribution >= 4 is 40.0 Å². The van der Waals surface area contributed by atoms with E-state index in [0.29, 0.717) is 48.0 Å². The third kappa shape index (κ3) is 7.11. The number of aliphatic hydroxyl groups is 1. The van der Waals surface area contributed by atoms with Crippen LogP contribution in [0.1, 0.15) is 16.1 Å². The van der Waals surface area contributed by atoms with Crippen LogP contribution in [0.5, 0.6) is 0 Å². The molecule has 1 saturated heterocycles. The topological polar surface area (TPSA) is 139 Å². The van der Waals surface area contributed by atoms with Crippen LogP contribution < -0.4 is 10.6 Å². The number of amides is 2. The number of halogens is 2. The van der Waals surface area contributed by atoms with Gasteiger partial charge in [0.15, 0.2) is 5.82 Å². The van der Waals surface area contributed by atoms with Gasteiger partial charge in [0.25, 0.3) is 5.91 Å². The number of piperazine rings is 1. The molecule has 2 amide bonds. The first-order chi connectivity index (χ1) is 21.8. The first-order valence-electron chi connectivity index (χ1n) is 14.4. The fourth-order valence-electron chi connectivity index (χ4n) is 5.28. The number of H-pyrrole nitrogens is 1. The summed E-state index contributed by atoms with van der Waals surface area (Å²) in [7, 11) is 0. The van der Waals surface area contributed by atoms with Gasteiger partial charge in [-0.15, -0.1) is 0 Å². The zero-order chi connectivity index (χ0) is 31.3. The van der Waals surface area contributed by atoms with E-state index < -0.39 is 17.5 Å². The molecule has 11 nitrogen and oxygen atoms in total. The lowest BCUT2D eigenvalue weighted by molar-refractivity contribution is -0.115. The Hall–Kier alpha value is -5.27. The van der Waals surface area contributed by atoms with Crippen LogP contribution in [0.2, 0.25) is 0 Å². The highest BCUT2D eigenvalue weighted by molar-refractivity contribution is 5.96. The standard InChI is InChI=1S/C32H30F2N8O3/c33-23-14-24(34)16-25(15-23)37-30(44)18-26-17-29(40-39-26)38-31-27-6-5-22(13-28(27)35-19-36-31)20-1-3-21(4-2-20)32(45)42-9-7-41(8-10-42)11-12-43/h1-6,13-17,19,43H,7-12,18H2,(H,37,44)(H2,35,36,38,39,40).